The van der Waals surface area contributed by atoms with Crippen molar-refractivity contribution in [3.8, 4) is 0 Å². The highest BCUT2D eigenvalue weighted by Crippen LogP contribution is 1.58. The number of nitrogens with one attached hydrogen (secondary N) is 2. The third kappa shape index (κ3) is 90.4. The average Bonchev–Trinajstić information content (AvgIpc) is 2.52. The number of carbonyl (C=O) groups is 4. The van der Waals surface area contributed by atoms with E-state index in [-0.39, 0.29) is 18.2 Å². The number of nitrogens with two attached hydrogens (primary N) is 1. The van der Waals surface area contributed by atoms with Crippen molar-refractivity contribution in [2.24, 2.45) is 5.73 Å². The quantitative estimate of drug-likeness (QED) is 0.629. The molecule has 0 bridgehead atoms. The zero-order valence-electron chi connectivity index (χ0n) is 14.3. The summed E-state index contributed by atoms with van der Waals surface area (Å²) in [5.41, 5.74) is 4.82. The first-order chi connectivity index (χ1) is 9.99. The topological polar surface area (TPSA) is 118 Å². The number of amides is 1. The molecule has 0 rings (SSSR count). The predicted molar refractivity (Wildman–Crippen MR) is 87.2 cm³/mol. The molecule has 7 nitrogen and oxygen atoms in total. The number of carbonyl (C=O) groups excluding carboxylic acids is 4. The van der Waals surface area contributed by atoms with Crippen LogP contribution in [0.25, 0.3) is 0 Å². The Bertz CT molecular complexity index is 204. The fourth-order valence-corrected chi connectivity index (χ4v) is 0.420. The monoisotopic (exact) mass is 307 g/mol. The van der Waals surface area contributed by atoms with Gasteiger partial charge >= 0.3 is 0 Å². The van der Waals surface area contributed by atoms with Crippen LogP contribution in [0.5, 0.6) is 0 Å². The molecule has 0 aromatic rings. The molecule has 0 spiro atoms. The van der Waals surface area contributed by atoms with E-state index in [1.54, 1.807) is 7.05 Å². The van der Waals surface area contributed by atoms with Crippen LogP contribution < -0.4 is 16.4 Å². The minimum atomic E-state index is 0.0324. The number of aldehydes is 1. The first kappa shape index (κ1) is 31.7. The predicted octanol–water partition coefficient (Wildman–Crippen LogP) is 0.313. The van der Waals surface area contributed by atoms with Crippen LogP contribution >= 0.6 is 0 Å². The normalized spacial score (nSPS) is 6.81. The smallest absolute Gasteiger partial charge is 0.233 e. The Morgan fingerprint density at radius 3 is 1.67 bits per heavy atom. The lowest BCUT2D eigenvalue weighted by Crippen LogP contribution is -2.31. The van der Waals surface area contributed by atoms with Crippen LogP contribution in [0.3, 0.4) is 0 Å². The Morgan fingerprint density at radius 1 is 1.19 bits per heavy atom. The zero-order valence-corrected chi connectivity index (χ0v) is 14.3. The van der Waals surface area contributed by atoms with Crippen molar-refractivity contribution in [1.82, 2.24) is 10.6 Å². The summed E-state index contributed by atoms with van der Waals surface area (Å²) in [6.07, 6.45) is 1.51. The summed E-state index contributed by atoms with van der Waals surface area (Å²) in [5.74, 6) is 0.0833. The molecule has 1 amide bonds. The first-order valence-corrected chi connectivity index (χ1v) is 6.83. The molecule has 0 fully saturated rings. The van der Waals surface area contributed by atoms with Crippen molar-refractivity contribution in [2.45, 2.75) is 41.0 Å². The third-order valence-corrected chi connectivity index (χ3v) is 1.17. The molecule has 0 saturated heterocycles. The van der Waals surface area contributed by atoms with Gasteiger partial charge in [0.2, 0.25) is 5.91 Å². The van der Waals surface area contributed by atoms with Crippen molar-refractivity contribution in [3.63, 3.8) is 0 Å². The molecule has 7 heteroatoms. The van der Waals surface area contributed by atoms with Crippen LogP contribution in [0.4, 0.5) is 0 Å². The van der Waals surface area contributed by atoms with Crippen molar-refractivity contribution in [3.05, 3.63) is 0 Å². The zero-order chi connectivity index (χ0) is 18.1. The molecular formula is C14H33N3O4. The Kier molecular flexibility index (Phi) is 64.7. The molecular weight excluding hydrogens is 274 g/mol. The molecule has 4 N–H and O–H groups in total. The molecule has 0 unspecified atom stereocenters. The lowest BCUT2D eigenvalue weighted by atomic mass is 10.5. The second-order valence-electron chi connectivity index (χ2n) is 2.96. The average molecular weight is 307 g/mol. The Morgan fingerprint density at radius 2 is 1.52 bits per heavy atom. The minimum absolute atomic E-state index is 0.0324. The van der Waals surface area contributed by atoms with Gasteiger partial charge in [0, 0.05) is 13.0 Å². The lowest BCUT2D eigenvalue weighted by molar-refractivity contribution is -0.120. The standard InChI is InChI=1S/C5H12N2O.C3H7NO.C3H6O.C2H6.CH2O/c1-3-7-5(8)4-6-2;1-3(5)2-4;1-2-3-4;2*1-2/h6H,3-4H2,1-2H3,(H,7,8);2,4H2,1H3;3H,2H2,1H3;1-2H3;1H2. The van der Waals surface area contributed by atoms with Crippen LogP contribution in [0.15, 0.2) is 0 Å². The number of likely N-dealkylation sites (N-methyl/N-ethyl adjacent to an activating group) is 2. The molecule has 0 heterocycles. The number of rotatable bonds is 5. The molecule has 0 aliphatic heterocycles. The molecule has 0 saturated carbocycles. The fraction of sp³-hybridized carbons (Fsp3) is 0.714. The summed E-state index contributed by atoms with van der Waals surface area (Å²) in [5, 5.41) is 5.39. The highest BCUT2D eigenvalue weighted by molar-refractivity contribution is 5.77. The maximum Gasteiger partial charge on any atom is 0.233 e. The van der Waals surface area contributed by atoms with Crippen molar-refractivity contribution in [1.29, 1.82) is 0 Å². The van der Waals surface area contributed by atoms with E-state index in [9.17, 15) is 14.4 Å². The van der Waals surface area contributed by atoms with E-state index in [0.29, 0.717) is 19.5 Å². The molecule has 0 aliphatic rings. The van der Waals surface area contributed by atoms with Gasteiger partial charge in [0.1, 0.15) is 18.9 Å². The number of hydrogen-bond donors (Lipinski definition) is 3. The summed E-state index contributed by atoms with van der Waals surface area (Å²) in [6, 6.07) is 0. The summed E-state index contributed by atoms with van der Waals surface area (Å²) >= 11 is 0. The van der Waals surface area contributed by atoms with Crippen LogP contribution in [-0.4, -0.2) is 51.4 Å². The number of hydrogen-bond acceptors (Lipinski definition) is 6. The number of Topliss-reactive ketones (excluding diaryl/α,β-unsaturated/α-hetero) is 1. The molecule has 0 radical (unpaired) electrons. The fourth-order valence-electron chi connectivity index (χ4n) is 0.420. The second-order valence-corrected chi connectivity index (χ2v) is 2.96. The molecule has 0 atom stereocenters. The summed E-state index contributed by atoms with van der Waals surface area (Å²) in [6.45, 7) is 12.5. The molecule has 0 aromatic heterocycles. The van der Waals surface area contributed by atoms with Crippen LogP contribution in [0, 0.1) is 0 Å². The van der Waals surface area contributed by atoms with Crippen molar-refractivity contribution < 1.29 is 19.2 Å². The Labute approximate surface area is 129 Å². The highest BCUT2D eigenvalue weighted by atomic mass is 16.2. The van der Waals surface area contributed by atoms with E-state index in [1.807, 2.05) is 34.5 Å². The van der Waals surface area contributed by atoms with Gasteiger partial charge in [-0.25, -0.2) is 0 Å². The van der Waals surface area contributed by atoms with Crippen molar-refractivity contribution >= 4 is 24.8 Å². The molecule has 0 aromatic carbocycles. The largest absolute Gasteiger partial charge is 0.355 e. The number of ketones is 1. The molecule has 21 heavy (non-hydrogen) atoms. The highest BCUT2D eigenvalue weighted by Gasteiger charge is 1.91. The van der Waals surface area contributed by atoms with Gasteiger partial charge in [-0.2, -0.15) is 0 Å². The first-order valence-electron chi connectivity index (χ1n) is 6.83. The second kappa shape index (κ2) is 42.9. The maximum absolute atomic E-state index is 10.5. The third-order valence-electron chi connectivity index (χ3n) is 1.17. The van der Waals surface area contributed by atoms with Crippen LogP contribution in [-0.2, 0) is 19.2 Å². The van der Waals surface area contributed by atoms with Crippen molar-refractivity contribution in [2.75, 3.05) is 26.7 Å². The van der Waals surface area contributed by atoms with E-state index in [4.69, 9.17) is 10.5 Å². The SMILES string of the molecule is C=O.CC.CC(=O)CN.CCC=O.CCNC(=O)CNC. The minimum Gasteiger partial charge on any atom is -0.355 e. The molecule has 0 aliphatic carbocycles. The van der Waals surface area contributed by atoms with E-state index in [0.717, 1.165) is 6.29 Å². The van der Waals surface area contributed by atoms with Gasteiger partial charge in [-0.05, 0) is 20.9 Å². The lowest BCUT2D eigenvalue weighted by Gasteiger charge is -1.97. The van der Waals surface area contributed by atoms with Gasteiger partial charge in [-0.3, -0.25) is 9.59 Å². The van der Waals surface area contributed by atoms with Gasteiger partial charge in [0.05, 0.1) is 13.1 Å². The van der Waals surface area contributed by atoms with Gasteiger partial charge in [0.25, 0.3) is 0 Å². The van der Waals surface area contributed by atoms with E-state index < -0.39 is 0 Å². The molecule has 128 valence electrons. The summed E-state index contributed by atoms with van der Waals surface area (Å²) < 4.78 is 0. The van der Waals surface area contributed by atoms with Gasteiger partial charge in [-0.15, -0.1) is 0 Å². The van der Waals surface area contributed by atoms with Crippen LogP contribution in [0.2, 0.25) is 0 Å². The Balaban J connectivity index is -0.0000000571. The van der Waals surface area contributed by atoms with Gasteiger partial charge in [0.15, 0.2) is 0 Å². The Hall–Kier alpha value is -1.60. The van der Waals surface area contributed by atoms with E-state index in [2.05, 4.69) is 10.6 Å². The van der Waals surface area contributed by atoms with E-state index >= 15 is 0 Å². The summed E-state index contributed by atoms with van der Waals surface area (Å²) in [4.78, 5) is 37.3. The van der Waals surface area contributed by atoms with Gasteiger partial charge < -0.3 is 26.0 Å². The van der Waals surface area contributed by atoms with E-state index in [1.165, 1.54) is 6.92 Å². The van der Waals surface area contributed by atoms with Gasteiger partial charge in [-0.1, -0.05) is 20.8 Å². The summed E-state index contributed by atoms with van der Waals surface area (Å²) in [7, 11) is 1.75. The van der Waals surface area contributed by atoms with Crippen LogP contribution in [0.1, 0.15) is 41.0 Å². The maximum atomic E-state index is 10.5.